The third kappa shape index (κ3) is 2.59. The highest BCUT2D eigenvalue weighted by Gasteiger charge is 2.36. The molecule has 1 saturated heterocycles. The Labute approximate surface area is 154 Å². The van der Waals surface area contributed by atoms with E-state index < -0.39 is 0 Å². The van der Waals surface area contributed by atoms with Gasteiger partial charge >= 0.3 is 0 Å². The predicted molar refractivity (Wildman–Crippen MR) is 104 cm³/mol. The van der Waals surface area contributed by atoms with Crippen molar-refractivity contribution in [1.82, 2.24) is 4.57 Å². The van der Waals surface area contributed by atoms with E-state index in [1.807, 2.05) is 59.3 Å². The fourth-order valence-corrected chi connectivity index (χ4v) is 3.83. The average molecular weight is 364 g/mol. The van der Waals surface area contributed by atoms with Gasteiger partial charge in [-0.2, -0.15) is 0 Å². The summed E-state index contributed by atoms with van der Waals surface area (Å²) in [6, 6.07) is 15.5. The van der Waals surface area contributed by atoms with E-state index in [-0.39, 0.29) is 16.1 Å². The molecule has 0 aliphatic carbocycles. The third-order valence-electron chi connectivity index (χ3n) is 4.38. The van der Waals surface area contributed by atoms with Gasteiger partial charge in [0.05, 0.1) is 29.8 Å². The van der Waals surface area contributed by atoms with Gasteiger partial charge in [-0.05, 0) is 23.9 Å². The van der Waals surface area contributed by atoms with Crippen LogP contribution < -0.4 is 9.64 Å². The summed E-state index contributed by atoms with van der Waals surface area (Å²) in [5.74, 6) is 0.435. The lowest BCUT2D eigenvalue weighted by Gasteiger charge is -2.11. The number of methoxy groups -OCH3 is 1. The second-order valence-electron chi connectivity index (χ2n) is 5.90. The zero-order valence-corrected chi connectivity index (χ0v) is 15.0. The van der Waals surface area contributed by atoms with E-state index in [1.165, 1.54) is 4.90 Å². The second-order valence-corrected chi connectivity index (χ2v) is 6.95. The van der Waals surface area contributed by atoms with Crippen LogP contribution in [0, 0.1) is 0 Å². The van der Waals surface area contributed by atoms with Gasteiger partial charge in [-0.25, -0.2) is 4.90 Å². The lowest BCUT2D eigenvalue weighted by atomic mass is 10.2. The zero-order valence-electron chi connectivity index (χ0n) is 14.1. The number of thioether (sulfide) groups is 1. The maximum atomic E-state index is 12.4. The number of nitrogens with zero attached hydrogens (tertiary/aromatic N) is 2. The molecule has 5 nitrogen and oxygen atoms in total. The molecule has 1 fully saturated rings. The number of para-hydroxylation sites is 2. The normalized spacial score (nSPS) is 14.5. The number of aromatic nitrogens is 1. The molecule has 0 unspecified atom stereocenters. The first-order valence-corrected chi connectivity index (χ1v) is 8.86. The van der Waals surface area contributed by atoms with E-state index in [0.29, 0.717) is 12.2 Å². The minimum absolute atomic E-state index is 0.247. The van der Waals surface area contributed by atoms with Crippen LogP contribution in [-0.2, 0) is 11.3 Å². The minimum Gasteiger partial charge on any atom is -0.496 e. The molecule has 130 valence electrons. The van der Waals surface area contributed by atoms with Crippen molar-refractivity contribution in [3.63, 3.8) is 0 Å². The Hall–Kier alpha value is -2.99. The average Bonchev–Trinajstić information content (AvgIpc) is 3.12. The Bertz CT molecular complexity index is 1050. The molecule has 0 atom stereocenters. The van der Waals surface area contributed by atoms with E-state index >= 15 is 0 Å². The number of amides is 2. The van der Waals surface area contributed by atoms with Gasteiger partial charge in [0.25, 0.3) is 11.1 Å². The summed E-state index contributed by atoms with van der Waals surface area (Å²) in [5, 5.41) is 0.527. The Morgan fingerprint density at radius 1 is 1.08 bits per heavy atom. The lowest BCUT2D eigenvalue weighted by Crippen LogP contribution is -2.27. The molecule has 1 aliphatic rings. The topological polar surface area (TPSA) is 51.5 Å². The van der Waals surface area contributed by atoms with Crippen molar-refractivity contribution in [2.24, 2.45) is 0 Å². The van der Waals surface area contributed by atoms with Crippen LogP contribution in [0.5, 0.6) is 5.75 Å². The zero-order chi connectivity index (χ0) is 18.3. The highest BCUT2D eigenvalue weighted by molar-refractivity contribution is 8.18. The van der Waals surface area contributed by atoms with Crippen LogP contribution in [0.3, 0.4) is 0 Å². The second kappa shape index (κ2) is 6.38. The standard InChI is InChI=1S/C20H16N2O3S/c1-13-19(23)22(20(24)26-13)17-12-21(16-9-5-4-8-15(16)17)11-14-7-3-6-10-18(14)25-2/h3-10,12H,1,11H2,2H3. The number of hydrogen-bond donors (Lipinski definition) is 0. The van der Waals surface area contributed by atoms with Crippen LogP contribution in [0.1, 0.15) is 5.56 Å². The smallest absolute Gasteiger partial charge is 0.298 e. The molecule has 2 heterocycles. The van der Waals surface area contributed by atoms with Gasteiger partial charge in [0, 0.05) is 17.1 Å². The third-order valence-corrected chi connectivity index (χ3v) is 5.15. The molecule has 0 bridgehead atoms. The molecule has 1 aromatic heterocycles. The van der Waals surface area contributed by atoms with Crippen LogP contribution in [0.25, 0.3) is 10.9 Å². The van der Waals surface area contributed by atoms with Gasteiger partial charge in [-0.15, -0.1) is 0 Å². The molecule has 0 spiro atoms. The summed E-state index contributed by atoms with van der Waals surface area (Å²) in [7, 11) is 1.64. The number of ether oxygens (including phenoxy) is 1. The van der Waals surface area contributed by atoms with Gasteiger partial charge in [-0.1, -0.05) is 43.0 Å². The molecule has 0 N–H and O–H groups in total. The van der Waals surface area contributed by atoms with Crippen molar-refractivity contribution in [3.8, 4) is 5.75 Å². The molecule has 26 heavy (non-hydrogen) atoms. The van der Waals surface area contributed by atoms with Crippen molar-refractivity contribution in [2.45, 2.75) is 6.54 Å². The summed E-state index contributed by atoms with van der Waals surface area (Å²) < 4.78 is 7.46. The SMILES string of the molecule is C=C1SC(=O)N(c2cn(Cc3ccccc3OC)c3ccccc23)C1=O. The van der Waals surface area contributed by atoms with Crippen LogP contribution in [0.2, 0.25) is 0 Å². The van der Waals surface area contributed by atoms with Crippen molar-refractivity contribution in [3.05, 3.63) is 71.8 Å². The number of hydrogen-bond acceptors (Lipinski definition) is 4. The molecule has 3 aromatic rings. The van der Waals surface area contributed by atoms with Crippen molar-refractivity contribution in [2.75, 3.05) is 12.0 Å². The van der Waals surface area contributed by atoms with Crippen molar-refractivity contribution < 1.29 is 14.3 Å². The Morgan fingerprint density at radius 3 is 2.54 bits per heavy atom. The van der Waals surface area contributed by atoms with Gasteiger partial charge in [0.1, 0.15) is 5.75 Å². The summed E-state index contributed by atoms with van der Waals surface area (Å²) in [5.41, 5.74) is 2.54. The molecule has 0 saturated carbocycles. The van der Waals surface area contributed by atoms with Crippen molar-refractivity contribution >= 4 is 39.5 Å². The van der Waals surface area contributed by atoms with Gasteiger partial charge in [-0.3, -0.25) is 9.59 Å². The Balaban J connectivity index is 1.84. The quantitative estimate of drug-likeness (QED) is 0.644. The Morgan fingerprint density at radius 2 is 1.81 bits per heavy atom. The minimum atomic E-state index is -0.361. The van der Waals surface area contributed by atoms with E-state index in [2.05, 4.69) is 6.58 Å². The van der Waals surface area contributed by atoms with E-state index in [4.69, 9.17) is 4.74 Å². The molecule has 2 aromatic carbocycles. The predicted octanol–water partition coefficient (Wildman–Crippen LogP) is 4.41. The lowest BCUT2D eigenvalue weighted by molar-refractivity contribution is -0.113. The van der Waals surface area contributed by atoms with Gasteiger partial charge in [0.15, 0.2) is 0 Å². The van der Waals surface area contributed by atoms with Gasteiger partial charge in [0.2, 0.25) is 0 Å². The van der Waals surface area contributed by atoms with E-state index in [9.17, 15) is 9.59 Å². The first-order valence-electron chi connectivity index (χ1n) is 8.05. The molecule has 0 radical (unpaired) electrons. The molecular formula is C20H16N2O3S. The number of benzene rings is 2. The highest BCUT2D eigenvalue weighted by atomic mass is 32.2. The van der Waals surface area contributed by atoms with Crippen LogP contribution in [-0.4, -0.2) is 22.8 Å². The van der Waals surface area contributed by atoms with Crippen LogP contribution in [0.4, 0.5) is 10.5 Å². The van der Waals surface area contributed by atoms with E-state index in [1.54, 1.807) is 7.11 Å². The number of carbonyl (C=O) groups excluding carboxylic acids is 2. The molecule has 1 aliphatic heterocycles. The highest BCUT2D eigenvalue weighted by Crippen LogP contribution is 2.38. The summed E-state index contributed by atoms with van der Waals surface area (Å²) in [6.07, 6.45) is 1.84. The number of carbonyl (C=O) groups is 2. The maximum Gasteiger partial charge on any atom is 0.298 e. The number of imide groups is 1. The number of fused-ring (bicyclic) bond motifs is 1. The summed E-state index contributed by atoms with van der Waals surface area (Å²) >= 11 is 0.873. The summed E-state index contributed by atoms with van der Waals surface area (Å²) in [6.45, 7) is 4.23. The molecule has 4 rings (SSSR count). The first-order chi connectivity index (χ1) is 12.6. The molecular weight excluding hydrogens is 348 g/mol. The maximum absolute atomic E-state index is 12.4. The monoisotopic (exact) mass is 364 g/mol. The summed E-state index contributed by atoms with van der Waals surface area (Å²) in [4.78, 5) is 26.1. The fraction of sp³-hybridized carbons (Fsp3) is 0.100. The Kier molecular flexibility index (Phi) is 4.05. The molecule has 6 heteroatoms. The van der Waals surface area contributed by atoms with Gasteiger partial charge < -0.3 is 9.30 Å². The largest absolute Gasteiger partial charge is 0.496 e. The van der Waals surface area contributed by atoms with Crippen molar-refractivity contribution in [1.29, 1.82) is 0 Å². The fourth-order valence-electron chi connectivity index (χ4n) is 3.16. The van der Waals surface area contributed by atoms with Crippen LogP contribution >= 0.6 is 11.8 Å². The number of rotatable bonds is 4. The number of anilines is 1. The van der Waals surface area contributed by atoms with Crippen LogP contribution in [0.15, 0.2) is 66.2 Å². The van der Waals surface area contributed by atoms with E-state index in [0.717, 1.165) is 34.0 Å². The first kappa shape index (κ1) is 16.5. The molecule has 2 amide bonds.